The molecule has 1 aliphatic rings. The number of ketones is 2. The SMILES string of the molecule is CCCCOC1=C(OCCCC)C(=O)c2c(cccc2[N+](=O)[O-])C1=O. The highest BCUT2D eigenvalue weighted by Crippen LogP contribution is 2.33. The van der Waals surface area contributed by atoms with Gasteiger partial charge in [0.1, 0.15) is 5.56 Å². The van der Waals surface area contributed by atoms with Gasteiger partial charge < -0.3 is 9.47 Å². The van der Waals surface area contributed by atoms with Gasteiger partial charge in [0.2, 0.25) is 23.1 Å². The minimum absolute atomic E-state index is 0.0199. The van der Waals surface area contributed by atoms with E-state index in [1.54, 1.807) is 0 Å². The molecule has 7 heteroatoms. The maximum absolute atomic E-state index is 12.8. The van der Waals surface area contributed by atoms with Crippen LogP contribution in [0.15, 0.2) is 29.7 Å². The molecule has 0 radical (unpaired) electrons. The van der Waals surface area contributed by atoms with Crippen molar-refractivity contribution in [2.45, 2.75) is 39.5 Å². The highest BCUT2D eigenvalue weighted by atomic mass is 16.6. The Kier molecular flexibility index (Phi) is 6.27. The van der Waals surface area contributed by atoms with Crippen molar-refractivity contribution in [3.8, 4) is 0 Å². The number of Topliss-reactive ketones (excluding diaryl/α,β-unsaturated/α-hetero) is 2. The Morgan fingerprint density at radius 1 is 0.960 bits per heavy atom. The Hall–Kier alpha value is -2.70. The quantitative estimate of drug-likeness (QED) is 0.383. The number of nitrogens with zero attached hydrogens (tertiary/aromatic N) is 1. The van der Waals surface area contributed by atoms with Crippen molar-refractivity contribution < 1.29 is 24.0 Å². The minimum Gasteiger partial charge on any atom is -0.486 e. The van der Waals surface area contributed by atoms with Crippen LogP contribution >= 0.6 is 0 Å². The molecule has 2 rings (SSSR count). The number of unbranched alkanes of at least 4 members (excludes halogenated alkanes) is 2. The lowest BCUT2D eigenvalue weighted by Crippen LogP contribution is -2.26. The summed E-state index contributed by atoms with van der Waals surface area (Å²) in [6, 6.07) is 3.99. The minimum atomic E-state index is -0.676. The molecule has 134 valence electrons. The Balaban J connectivity index is 2.48. The van der Waals surface area contributed by atoms with Gasteiger partial charge in [-0.15, -0.1) is 0 Å². The second-order valence-electron chi connectivity index (χ2n) is 5.68. The average Bonchev–Trinajstić information content (AvgIpc) is 2.60. The van der Waals surface area contributed by atoms with Gasteiger partial charge in [-0.3, -0.25) is 19.7 Å². The fourth-order valence-corrected chi connectivity index (χ4v) is 2.46. The third-order valence-electron chi connectivity index (χ3n) is 3.82. The van der Waals surface area contributed by atoms with Crippen molar-refractivity contribution >= 4 is 17.3 Å². The van der Waals surface area contributed by atoms with Gasteiger partial charge in [-0.2, -0.15) is 0 Å². The molecular weight excluding hydrogens is 326 g/mol. The average molecular weight is 347 g/mol. The summed E-state index contributed by atoms with van der Waals surface area (Å²) in [5.74, 6) is -1.61. The summed E-state index contributed by atoms with van der Waals surface area (Å²) in [6.07, 6.45) is 3.12. The molecule has 25 heavy (non-hydrogen) atoms. The van der Waals surface area contributed by atoms with Crippen LogP contribution in [0, 0.1) is 10.1 Å². The lowest BCUT2D eigenvalue weighted by molar-refractivity contribution is -0.385. The molecule has 0 unspecified atom stereocenters. The van der Waals surface area contributed by atoms with Crippen molar-refractivity contribution in [3.05, 3.63) is 51.0 Å². The number of nitro benzene ring substituents is 1. The summed E-state index contributed by atoms with van der Waals surface area (Å²) in [4.78, 5) is 36.1. The maximum Gasteiger partial charge on any atom is 0.281 e. The molecule has 0 saturated carbocycles. The van der Waals surface area contributed by atoms with Crippen LogP contribution in [0.4, 0.5) is 5.69 Å². The molecule has 0 bridgehead atoms. The number of allylic oxidation sites excluding steroid dienone is 2. The van der Waals surface area contributed by atoms with Gasteiger partial charge in [0, 0.05) is 11.6 Å². The van der Waals surface area contributed by atoms with Crippen molar-refractivity contribution in [1.29, 1.82) is 0 Å². The highest BCUT2D eigenvalue weighted by molar-refractivity contribution is 6.26. The number of ether oxygens (including phenoxy) is 2. The first-order valence-corrected chi connectivity index (χ1v) is 8.39. The summed E-state index contributed by atoms with van der Waals surface area (Å²) < 4.78 is 11.0. The van der Waals surface area contributed by atoms with E-state index in [1.807, 2.05) is 13.8 Å². The third-order valence-corrected chi connectivity index (χ3v) is 3.82. The first kappa shape index (κ1) is 18.6. The number of carbonyl (C=O) groups is 2. The monoisotopic (exact) mass is 347 g/mol. The predicted octanol–water partition coefficient (Wildman–Crippen LogP) is 3.82. The summed E-state index contributed by atoms with van der Waals surface area (Å²) in [7, 11) is 0. The zero-order valence-electron chi connectivity index (χ0n) is 14.4. The molecule has 0 saturated heterocycles. The number of carbonyl (C=O) groups excluding carboxylic acids is 2. The normalized spacial score (nSPS) is 13.7. The highest BCUT2D eigenvalue weighted by Gasteiger charge is 2.39. The van der Waals surface area contributed by atoms with Crippen LogP contribution in [0.3, 0.4) is 0 Å². The molecule has 0 atom stereocenters. The number of fused-ring (bicyclic) bond motifs is 1. The van der Waals surface area contributed by atoms with Gasteiger partial charge >= 0.3 is 0 Å². The van der Waals surface area contributed by atoms with Gasteiger partial charge in [0.05, 0.1) is 18.1 Å². The molecule has 0 heterocycles. The van der Waals surface area contributed by atoms with Crippen molar-refractivity contribution in [1.82, 2.24) is 0 Å². The molecule has 1 aliphatic carbocycles. The van der Waals surface area contributed by atoms with Crippen LogP contribution < -0.4 is 0 Å². The maximum atomic E-state index is 12.8. The predicted molar refractivity (Wildman–Crippen MR) is 90.5 cm³/mol. The van der Waals surface area contributed by atoms with Gasteiger partial charge in [0.25, 0.3) is 5.69 Å². The first-order chi connectivity index (χ1) is 12.0. The molecule has 0 N–H and O–H groups in total. The second-order valence-corrected chi connectivity index (χ2v) is 5.68. The van der Waals surface area contributed by atoms with E-state index in [9.17, 15) is 19.7 Å². The molecular formula is C18H21NO6. The summed E-state index contributed by atoms with van der Waals surface area (Å²) >= 11 is 0. The smallest absolute Gasteiger partial charge is 0.281 e. The van der Waals surface area contributed by atoms with Crippen molar-refractivity contribution in [2.75, 3.05) is 13.2 Å². The zero-order valence-corrected chi connectivity index (χ0v) is 14.4. The fourth-order valence-electron chi connectivity index (χ4n) is 2.46. The van der Waals surface area contributed by atoms with Crippen molar-refractivity contribution in [2.24, 2.45) is 0 Å². The van der Waals surface area contributed by atoms with E-state index < -0.39 is 22.2 Å². The van der Waals surface area contributed by atoms with Crippen LogP contribution in [0.1, 0.15) is 60.2 Å². The largest absolute Gasteiger partial charge is 0.486 e. The molecule has 0 amide bonds. The molecule has 0 aliphatic heterocycles. The van der Waals surface area contributed by atoms with Gasteiger partial charge in [-0.25, -0.2) is 0 Å². The van der Waals surface area contributed by atoms with Crippen LogP contribution in [-0.2, 0) is 9.47 Å². The molecule has 0 spiro atoms. The molecule has 7 nitrogen and oxygen atoms in total. The lowest BCUT2D eigenvalue weighted by Gasteiger charge is -2.21. The number of hydrogen-bond donors (Lipinski definition) is 0. The Labute approximate surface area is 145 Å². The van der Waals surface area contributed by atoms with E-state index in [0.717, 1.165) is 19.3 Å². The fraction of sp³-hybridized carbons (Fsp3) is 0.444. The summed E-state index contributed by atoms with van der Waals surface area (Å²) in [6.45, 7) is 4.45. The Morgan fingerprint density at radius 2 is 1.52 bits per heavy atom. The van der Waals surface area contributed by atoms with Crippen LogP contribution in [-0.4, -0.2) is 29.7 Å². The zero-order chi connectivity index (χ0) is 18.4. The number of benzene rings is 1. The van der Waals surface area contributed by atoms with E-state index in [1.165, 1.54) is 18.2 Å². The van der Waals surface area contributed by atoms with Gasteiger partial charge in [-0.1, -0.05) is 32.8 Å². The summed E-state index contributed by atoms with van der Waals surface area (Å²) in [5.41, 5.74) is -0.652. The van der Waals surface area contributed by atoms with Crippen LogP contribution in [0.5, 0.6) is 0 Å². The summed E-state index contributed by atoms with van der Waals surface area (Å²) in [5, 5.41) is 11.2. The lowest BCUT2D eigenvalue weighted by atomic mass is 9.90. The number of nitro groups is 1. The van der Waals surface area contributed by atoms with E-state index >= 15 is 0 Å². The third kappa shape index (κ3) is 3.87. The van der Waals surface area contributed by atoms with Crippen LogP contribution in [0.2, 0.25) is 0 Å². The Bertz CT molecular complexity index is 722. The van der Waals surface area contributed by atoms with E-state index in [2.05, 4.69) is 0 Å². The van der Waals surface area contributed by atoms with Crippen molar-refractivity contribution in [3.63, 3.8) is 0 Å². The topological polar surface area (TPSA) is 95.7 Å². The molecule has 0 fully saturated rings. The number of rotatable bonds is 9. The van der Waals surface area contributed by atoms with E-state index in [0.29, 0.717) is 6.42 Å². The van der Waals surface area contributed by atoms with Gasteiger partial charge in [0.15, 0.2) is 0 Å². The number of hydrogen-bond acceptors (Lipinski definition) is 6. The first-order valence-electron chi connectivity index (χ1n) is 8.39. The molecule has 1 aromatic rings. The van der Waals surface area contributed by atoms with Gasteiger partial charge in [-0.05, 0) is 18.9 Å². The van der Waals surface area contributed by atoms with E-state index in [4.69, 9.17) is 9.47 Å². The Morgan fingerprint density at radius 3 is 2.04 bits per heavy atom. The van der Waals surface area contributed by atoms with Crippen LogP contribution in [0.25, 0.3) is 0 Å². The molecule has 1 aromatic carbocycles. The molecule has 0 aromatic heterocycles. The standard InChI is InChI=1S/C18H21NO6/c1-3-5-10-24-17-15(20)12-8-7-9-13(19(22)23)14(12)16(21)18(17)25-11-6-4-2/h7-9H,3-6,10-11H2,1-2H3. The second kappa shape index (κ2) is 8.41. The van der Waals surface area contributed by atoms with E-state index in [-0.39, 0.29) is 35.9 Å².